The van der Waals surface area contributed by atoms with E-state index in [1.165, 1.54) is 0 Å². The highest BCUT2D eigenvalue weighted by molar-refractivity contribution is 7.09. The number of methoxy groups -OCH3 is 1. The summed E-state index contributed by atoms with van der Waals surface area (Å²) in [6.45, 7) is 4.62. The Bertz CT molecular complexity index is 469. The van der Waals surface area contributed by atoms with Crippen LogP contribution in [0.2, 0.25) is 0 Å². The predicted octanol–water partition coefficient (Wildman–Crippen LogP) is 2.07. The second-order valence-electron chi connectivity index (χ2n) is 4.26. The molecule has 5 nitrogen and oxygen atoms in total. The lowest BCUT2D eigenvalue weighted by Crippen LogP contribution is -2.27. The van der Waals surface area contributed by atoms with Crippen LogP contribution in [-0.2, 0) is 11.3 Å². The maximum atomic E-state index is 5.10. The van der Waals surface area contributed by atoms with Crippen LogP contribution in [0, 0.1) is 0 Å². The maximum Gasteiger partial charge on any atom is 0.116 e. The number of nitrogens with zero attached hydrogens (tertiary/aromatic N) is 3. The highest BCUT2D eigenvalue weighted by Crippen LogP contribution is 2.23. The van der Waals surface area contributed by atoms with Crippen LogP contribution in [0.15, 0.2) is 24.1 Å². The summed E-state index contributed by atoms with van der Waals surface area (Å²) in [5, 5.41) is 6.55. The molecule has 2 aromatic heterocycles. The van der Waals surface area contributed by atoms with Crippen molar-refractivity contribution in [1.82, 2.24) is 19.9 Å². The van der Waals surface area contributed by atoms with E-state index in [1.54, 1.807) is 18.4 Å². The third-order valence-electron chi connectivity index (χ3n) is 2.86. The average molecular weight is 280 g/mol. The van der Waals surface area contributed by atoms with Crippen LogP contribution in [0.3, 0.4) is 0 Å². The van der Waals surface area contributed by atoms with Gasteiger partial charge in [-0.2, -0.15) is 0 Å². The zero-order valence-corrected chi connectivity index (χ0v) is 12.2. The summed E-state index contributed by atoms with van der Waals surface area (Å²) in [6.07, 6.45) is 6.73. The maximum absolute atomic E-state index is 5.10. The highest BCUT2D eigenvalue weighted by atomic mass is 32.1. The van der Waals surface area contributed by atoms with E-state index in [0.717, 1.165) is 30.2 Å². The van der Waals surface area contributed by atoms with Crippen LogP contribution in [0.4, 0.5) is 0 Å². The molecule has 2 aromatic rings. The number of aromatic nitrogens is 3. The summed E-state index contributed by atoms with van der Waals surface area (Å²) in [6, 6.07) is 0.0872. The molecule has 104 valence electrons. The van der Waals surface area contributed by atoms with E-state index in [1.807, 2.05) is 24.1 Å². The van der Waals surface area contributed by atoms with Crippen LogP contribution in [0.25, 0.3) is 0 Å². The fraction of sp³-hybridized carbons (Fsp3) is 0.538. The molecule has 0 spiro atoms. The van der Waals surface area contributed by atoms with Gasteiger partial charge < -0.3 is 14.6 Å². The molecule has 0 saturated heterocycles. The van der Waals surface area contributed by atoms with Gasteiger partial charge in [0.25, 0.3) is 0 Å². The molecule has 0 aliphatic heterocycles. The van der Waals surface area contributed by atoms with Crippen LogP contribution < -0.4 is 5.32 Å². The molecule has 0 aromatic carbocycles. The van der Waals surface area contributed by atoms with Gasteiger partial charge in [-0.15, -0.1) is 11.3 Å². The highest BCUT2D eigenvalue weighted by Gasteiger charge is 2.19. The first-order valence-electron chi connectivity index (χ1n) is 6.48. The van der Waals surface area contributed by atoms with Gasteiger partial charge in [0.1, 0.15) is 11.0 Å². The monoisotopic (exact) mass is 280 g/mol. The molecule has 1 atom stereocenters. The Labute approximate surface area is 117 Å². The van der Waals surface area contributed by atoms with Crippen molar-refractivity contribution in [2.45, 2.75) is 25.9 Å². The minimum Gasteiger partial charge on any atom is -0.383 e. The Hall–Kier alpha value is -1.24. The van der Waals surface area contributed by atoms with Crippen molar-refractivity contribution in [3.8, 4) is 0 Å². The molecule has 6 heteroatoms. The van der Waals surface area contributed by atoms with Gasteiger partial charge in [-0.1, -0.05) is 6.92 Å². The topological polar surface area (TPSA) is 52.0 Å². The SMILES string of the molecule is CCCn1cncc1C(NCCOC)c1nccs1. The van der Waals surface area contributed by atoms with Crippen molar-refractivity contribution in [2.24, 2.45) is 0 Å². The first-order valence-corrected chi connectivity index (χ1v) is 7.36. The van der Waals surface area contributed by atoms with E-state index in [4.69, 9.17) is 4.74 Å². The summed E-state index contributed by atoms with van der Waals surface area (Å²) >= 11 is 1.66. The molecule has 0 aliphatic carbocycles. The van der Waals surface area contributed by atoms with E-state index in [0.29, 0.717) is 6.61 Å². The normalized spacial score (nSPS) is 12.7. The van der Waals surface area contributed by atoms with Gasteiger partial charge in [0, 0.05) is 31.8 Å². The fourth-order valence-electron chi connectivity index (χ4n) is 2.00. The number of hydrogen-bond acceptors (Lipinski definition) is 5. The Kier molecular flexibility index (Phi) is 5.50. The van der Waals surface area contributed by atoms with Gasteiger partial charge in [-0.25, -0.2) is 9.97 Å². The molecular weight excluding hydrogens is 260 g/mol. The lowest BCUT2D eigenvalue weighted by atomic mass is 10.2. The number of hydrogen-bond donors (Lipinski definition) is 1. The van der Waals surface area contributed by atoms with Crippen LogP contribution in [0.5, 0.6) is 0 Å². The van der Waals surface area contributed by atoms with Gasteiger partial charge in [-0.3, -0.25) is 0 Å². The molecule has 0 aliphatic rings. The van der Waals surface area contributed by atoms with E-state index < -0.39 is 0 Å². The van der Waals surface area contributed by atoms with Crippen LogP contribution >= 0.6 is 11.3 Å². The van der Waals surface area contributed by atoms with Crippen molar-refractivity contribution < 1.29 is 4.74 Å². The fourth-order valence-corrected chi connectivity index (χ4v) is 2.72. The quantitative estimate of drug-likeness (QED) is 0.752. The average Bonchev–Trinajstić information content (AvgIpc) is 3.07. The van der Waals surface area contributed by atoms with E-state index in [2.05, 4.69) is 26.8 Å². The van der Waals surface area contributed by atoms with Gasteiger partial charge in [0.05, 0.1) is 24.8 Å². The summed E-state index contributed by atoms with van der Waals surface area (Å²) in [7, 11) is 1.71. The number of nitrogens with one attached hydrogen (secondary N) is 1. The molecule has 0 amide bonds. The first kappa shape index (κ1) is 14.2. The van der Waals surface area contributed by atoms with Crippen molar-refractivity contribution in [1.29, 1.82) is 0 Å². The Morgan fingerprint density at radius 3 is 3.11 bits per heavy atom. The Morgan fingerprint density at radius 2 is 2.42 bits per heavy atom. The standard InChI is InChI=1S/C13H20N4OS/c1-3-6-17-10-14-9-11(17)12(15-4-7-18-2)13-16-5-8-19-13/h5,8-10,12,15H,3-4,6-7H2,1-2H3. The van der Waals surface area contributed by atoms with E-state index in [-0.39, 0.29) is 6.04 Å². The van der Waals surface area contributed by atoms with Gasteiger partial charge in [0.15, 0.2) is 0 Å². The van der Waals surface area contributed by atoms with Gasteiger partial charge in [0.2, 0.25) is 0 Å². The number of ether oxygens (including phenoxy) is 1. The number of thiazole rings is 1. The minimum absolute atomic E-state index is 0.0872. The van der Waals surface area contributed by atoms with Crippen LogP contribution in [-0.4, -0.2) is 34.8 Å². The third kappa shape index (κ3) is 3.62. The third-order valence-corrected chi connectivity index (χ3v) is 3.70. The van der Waals surface area contributed by atoms with Gasteiger partial charge >= 0.3 is 0 Å². The second-order valence-corrected chi connectivity index (χ2v) is 5.19. The minimum atomic E-state index is 0.0872. The smallest absolute Gasteiger partial charge is 0.116 e. The molecule has 1 N–H and O–H groups in total. The summed E-state index contributed by atoms with van der Waals surface area (Å²) in [5.74, 6) is 0. The second kappa shape index (κ2) is 7.37. The lowest BCUT2D eigenvalue weighted by molar-refractivity contribution is 0.197. The van der Waals surface area contributed by atoms with E-state index >= 15 is 0 Å². The molecule has 19 heavy (non-hydrogen) atoms. The van der Waals surface area contributed by atoms with Crippen molar-refractivity contribution in [3.63, 3.8) is 0 Å². The van der Waals surface area contributed by atoms with Crippen LogP contribution in [0.1, 0.15) is 30.1 Å². The predicted molar refractivity (Wildman–Crippen MR) is 76.4 cm³/mol. The number of rotatable bonds is 8. The summed E-state index contributed by atoms with van der Waals surface area (Å²) in [5.41, 5.74) is 1.16. The zero-order chi connectivity index (χ0) is 13.5. The molecule has 2 heterocycles. The summed E-state index contributed by atoms with van der Waals surface area (Å²) in [4.78, 5) is 8.69. The molecule has 1 unspecified atom stereocenters. The molecule has 0 radical (unpaired) electrons. The molecule has 0 saturated carbocycles. The Morgan fingerprint density at radius 1 is 1.53 bits per heavy atom. The molecule has 0 bridgehead atoms. The van der Waals surface area contributed by atoms with Crippen molar-refractivity contribution in [3.05, 3.63) is 34.8 Å². The number of imidazole rings is 1. The zero-order valence-electron chi connectivity index (χ0n) is 11.4. The van der Waals surface area contributed by atoms with Crippen molar-refractivity contribution >= 4 is 11.3 Å². The van der Waals surface area contributed by atoms with Gasteiger partial charge in [-0.05, 0) is 6.42 Å². The molecule has 0 fully saturated rings. The molecular formula is C13H20N4OS. The lowest BCUT2D eigenvalue weighted by Gasteiger charge is -2.18. The number of aryl methyl sites for hydroxylation is 1. The summed E-state index contributed by atoms with van der Waals surface area (Å²) < 4.78 is 7.29. The molecule has 2 rings (SSSR count). The van der Waals surface area contributed by atoms with E-state index in [9.17, 15) is 0 Å². The Balaban J connectivity index is 2.18. The first-order chi connectivity index (χ1) is 9.36. The largest absolute Gasteiger partial charge is 0.383 e. The van der Waals surface area contributed by atoms with Crippen molar-refractivity contribution in [2.75, 3.05) is 20.3 Å².